The van der Waals surface area contributed by atoms with Crippen molar-refractivity contribution in [2.45, 2.75) is 94.8 Å². The van der Waals surface area contributed by atoms with Crippen LogP contribution in [-0.2, 0) is 42.1 Å². The number of halogens is 1. The lowest BCUT2D eigenvalue weighted by Crippen LogP contribution is -2.34. The number of carbonyl (C=O) groups is 2. The first-order chi connectivity index (χ1) is 22.2. The number of aliphatic hydroxyl groups excluding tert-OH is 2. The molecule has 3 aliphatic rings. The van der Waals surface area contributed by atoms with E-state index in [1.165, 1.54) is 4.57 Å². The quantitative estimate of drug-likeness (QED) is 0.214. The summed E-state index contributed by atoms with van der Waals surface area (Å²) in [4.78, 5) is 28.3. The van der Waals surface area contributed by atoms with Gasteiger partial charge in [0, 0.05) is 30.5 Å². The summed E-state index contributed by atoms with van der Waals surface area (Å²) in [5.74, 6) is -1.06. The van der Waals surface area contributed by atoms with Gasteiger partial charge in [-0.1, -0.05) is 37.3 Å². The molecule has 3 N–H and O–H groups in total. The van der Waals surface area contributed by atoms with E-state index in [9.17, 15) is 29.6 Å². The number of aliphatic hydroxyl groups is 2. The number of anilines is 1. The largest absolute Gasteiger partial charge is 0.438 e. The number of rotatable bonds is 7. The Morgan fingerprint density at radius 1 is 1.04 bits per heavy atom. The van der Waals surface area contributed by atoms with E-state index in [1.54, 1.807) is 12.3 Å². The minimum atomic E-state index is -4.11. The number of hydrogen-bond acceptors (Lipinski definition) is 14. The molecule has 0 bridgehead atoms. The monoisotopic (exact) mass is 684 g/mol. The number of ether oxygens (including phenoxy) is 4. The van der Waals surface area contributed by atoms with Gasteiger partial charge in [0.05, 0.1) is 12.3 Å². The number of cyclic esters (lactones) is 2. The number of nitrogens with one attached hydrogen (secondary N) is 1. The predicted molar refractivity (Wildman–Crippen MR) is 161 cm³/mol. The number of pyridine rings is 1. The van der Waals surface area contributed by atoms with Gasteiger partial charge >= 0.3 is 19.5 Å². The van der Waals surface area contributed by atoms with E-state index in [0.717, 1.165) is 38.5 Å². The van der Waals surface area contributed by atoms with E-state index in [0.29, 0.717) is 29.6 Å². The molecule has 0 unspecified atom stereocenters. The molecule has 15 nitrogen and oxygen atoms in total. The van der Waals surface area contributed by atoms with Gasteiger partial charge < -0.3 is 39.0 Å². The Morgan fingerprint density at radius 3 is 2.33 bits per heavy atom. The summed E-state index contributed by atoms with van der Waals surface area (Å²) in [6.45, 7) is -1.68. The van der Waals surface area contributed by atoms with Crippen molar-refractivity contribution >= 4 is 47.9 Å². The molecule has 0 spiro atoms. The second-order valence-corrected chi connectivity index (χ2v) is 13.8. The fourth-order valence-corrected chi connectivity index (χ4v) is 6.94. The van der Waals surface area contributed by atoms with Crippen molar-refractivity contribution in [2.24, 2.45) is 0 Å². The molecule has 2 saturated heterocycles. The second kappa shape index (κ2) is 15.9. The molecule has 2 aromatic rings. The van der Waals surface area contributed by atoms with Crippen molar-refractivity contribution < 1.29 is 52.4 Å². The Hall–Kier alpha value is -2.80. The lowest BCUT2D eigenvalue weighted by molar-refractivity contribution is -0.152. The third-order valence-corrected chi connectivity index (χ3v) is 10.00. The molecular weight excluding hydrogens is 647 g/mol. The zero-order chi connectivity index (χ0) is 32.7. The Bertz CT molecular complexity index is 1450. The molecule has 0 aromatic carbocycles. The second-order valence-electron chi connectivity index (χ2n) is 11.4. The maximum atomic E-state index is 13.3. The number of nitrogens with zero attached hydrogens (tertiary/aromatic N) is 3. The fraction of sp³-hybridized carbons (Fsp3) is 0.655. The Labute approximate surface area is 270 Å². The SMILES string of the molecule is N#Cc1c(Cl)nc2c(ccn2[C@@H]2O[C@H](COCP3(=O)OCOC(=O)CCCCCCC(=O)OCO3)[C@@H](O)[C@H]2O)c1NC1CCCC1. The van der Waals surface area contributed by atoms with Gasteiger partial charge in [-0.05, 0) is 31.7 Å². The van der Waals surface area contributed by atoms with Crippen molar-refractivity contribution in [3.8, 4) is 6.07 Å². The van der Waals surface area contributed by atoms with Crippen LogP contribution in [0.2, 0.25) is 5.15 Å². The van der Waals surface area contributed by atoms with Crippen LogP contribution >= 0.6 is 19.2 Å². The van der Waals surface area contributed by atoms with E-state index in [1.807, 2.05) is 0 Å². The van der Waals surface area contributed by atoms with Crippen molar-refractivity contribution in [1.82, 2.24) is 9.55 Å². The summed E-state index contributed by atoms with van der Waals surface area (Å²) in [7, 11) is -4.11. The van der Waals surface area contributed by atoms with Crippen LogP contribution in [0.3, 0.4) is 0 Å². The molecule has 3 fully saturated rings. The molecule has 1 aliphatic carbocycles. The highest BCUT2D eigenvalue weighted by atomic mass is 35.5. The number of carbonyl (C=O) groups excluding carboxylic acids is 2. The van der Waals surface area contributed by atoms with Crippen molar-refractivity contribution in [3.05, 3.63) is 23.0 Å². The smallest absolute Gasteiger partial charge is 0.361 e. The molecule has 2 aromatic heterocycles. The lowest BCUT2D eigenvalue weighted by atomic mass is 10.1. The molecule has 0 radical (unpaired) electrons. The van der Waals surface area contributed by atoms with Crippen molar-refractivity contribution in [2.75, 3.05) is 31.9 Å². The summed E-state index contributed by atoms with van der Waals surface area (Å²) in [6.07, 6.45) is 2.97. The van der Waals surface area contributed by atoms with Crippen LogP contribution in [0.5, 0.6) is 0 Å². The molecule has 2 aliphatic heterocycles. The summed E-state index contributed by atoms with van der Waals surface area (Å²) in [5, 5.41) is 35.5. The maximum Gasteiger partial charge on any atom is 0.361 e. The first-order valence-electron chi connectivity index (χ1n) is 15.3. The van der Waals surface area contributed by atoms with E-state index in [2.05, 4.69) is 16.4 Å². The average Bonchev–Trinajstić information content (AvgIpc) is 3.75. The molecule has 1 saturated carbocycles. The summed E-state index contributed by atoms with van der Waals surface area (Å²) in [6, 6.07) is 4.04. The van der Waals surface area contributed by atoms with E-state index >= 15 is 0 Å². The number of fused-ring (bicyclic) bond motifs is 1. The van der Waals surface area contributed by atoms with Gasteiger partial charge in [0.15, 0.2) is 11.4 Å². The third kappa shape index (κ3) is 8.37. The van der Waals surface area contributed by atoms with E-state index in [-0.39, 0.29) is 36.2 Å². The minimum Gasteiger partial charge on any atom is -0.438 e. The van der Waals surface area contributed by atoms with Crippen LogP contribution in [0.25, 0.3) is 11.0 Å². The van der Waals surface area contributed by atoms with Crippen LogP contribution in [0.15, 0.2) is 12.3 Å². The average molecular weight is 685 g/mol. The molecule has 252 valence electrons. The van der Waals surface area contributed by atoms with Crippen LogP contribution in [0, 0.1) is 11.3 Å². The third-order valence-electron chi connectivity index (χ3n) is 8.23. The number of aromatic nitrogens is 2. The Kier molecular flexibility index (Phi) is 11.9. The van der Waals surface area contributed by atoms with E-state index < -0.39 is 64.0 Å². The van der Waals surface area contributed by atoms with Gasteiger partial charge in [0.2, 0.25) is 13.6 Å². The van der Waals surface area contributed by atoms with Crippen molar-refractivity contribution in [1.29, 1.82) is 5.26 Å². The van der Waals surface area contributed by atoms with Crippen LogP contribution in [0.4, 0.5) is 5.69 Å². The van der Waals surface area contributed by atoms with E-state index in [4.69, 9.17) is 39.6 Å². The summed E-state index contributed by atoms with van der Waals surface area (Å²) < 4.78 is 46.7. The molecule has 0 amide bonds. The summed E-state index contributed by atoms with van der Waals surface area (Å²) in [5.41, 5.74) is 1.11. The molecule has 4 atom stereocenters. The van der Waals surface area contributed by atoms with Gasteiger partial charge in [0.1, 0.15) is 41.9 Å². The molecule has 5 rings (SSSR count). The molecule has 4 heterocycles. The standard InChI is InChI=1S/C29H38ClN4O11P/c30-27-20(13-31)24(32-18-7-5-6-8-18)19-11-12-34(28(19)33-27)29-26(38)25(37)21(45-29)14-40-17-46(39)43-15-41-22(35)9-3-1-2-4-10-23(36)42-16-44-46/h11-12,18,21,25-26,29,37-38H,1-10,14-17H2,(H,32,33)/t21-,25-,26-,29-/m1/s1. The highest BCUT2D eigenvalue weighted by Crippen LogP contribution is 2.48. The fourth-order valence-electron chi connectivity index (χ4n) is 5.74. The molecule has 17 heteroatoms. The minimum absolute atomic E-state index is 0.0109. The van der Waals surface area contributed by atoms with Crippen LogP contribution < -0.4 is 5.32 Å². The topological polar surface area (TPSA) is 201 Å². The number of esters is 2. The zero-order valence-electron chi connectivity index (χ0n) is 25.2. The normalized spacial score (nSPS) is 27.0. The molecular formula is C29H38ClN4O11P. The van der Waals surface area contributed by atoms with Crippen LogP contribution in [-0.4, -0.2) is 82.6 Å². The number of nitriles is 1. The Balaban J connectivity index is 1.24. The van der Waals surface area contributed by atoms with Gasteiger partial charge in [-0.2, -0.15) is 5.26 Å². The summed E-state index contributed by atoms with van der Waals surface area (Å²) >= 11 is 6.41. The van der Waals surface area contributed by atoms with Crippen molar-refractivity contribution in [3.63, 3.8) is 0 Å². The maximum absolute atomic E-state index is 13.3. The first-order valence-corrected chi connectivity index (χ1v) is 17.4. The first kappa shape index (κ1) is 34.5. The zero-order valence-corrected chi connectivity index (χ0v) is 26.8. The number of hydrogen-bond donors (Lipinski definition) is 3. The van der Waals surface area contributed by atoms with Crippen LogP contribution in [0.1, 0.15) is 76.0 Å². The molecule has 46 heavy (non-hydrogen) atoms. The van der Waals surface area contributed by atoms with Gasteiger partial charge in [0.25, 0.3) is 0 Å². The van der Waals surface area contributed by atoms with Gasteiger partial charge in [-0.3, -0.25) is 23.2 Å². The predicted octanol–water partition coefficient (Wildman–Crippen LogP) is 4.09. The highest BCUT2D eigenvalue weighted by Gasteiger charge is 2.45. The van der Waals surface area contributed by atoms with Gasteiger partial charge in [-0.15, -0.1) is 0 Å². The Morgan fingerprint density at radius 2 is 1.70 bits per heavy atom. The van der Waals surface area contributed by atoms with Gasteiger partial charge in [-0.25, -0.2) is 4.98 Å². The lowest BCUT2D eigenvalue weighted by Gasteiger charge is -2.20. The highest BCUT2D eigenvalue weighted by molar-refractivity contribution is 7.53.